The summed E-state index contributed by atoms with van der Waals surface area (Å²) in [5.74, 6) is -0.559. The van der Waals surface area contributed by atoms with Crippen molar-refractivity contribution >= 4 is 40.9 Å². The zero-order valence-electron chi connectivity index (χ0n) is 13.0. The maximum Gasteiger partial charge on any atom is 0.262 e. The van der Waals surface area contributed by atoms with Crippen LogP contribution in [-0.2, 0) is 9.59 Å². The van der Waals surface area contributed by atoms with Crippen LogP contribution in [0, 0.1) is 5.41 Å². The number of halogens is 1. The van der Waals surface area contributed by atoms with Crippen LogP contribution in [0.4, 0.5) is 5.69 Å². The van der Waals surface area contributed by atoms with Crippen molar-refractivity contribution in [3.8, 4) is 0 Å². The molecule has 118 valence electrons. The molecule has 0 saturated carbocycles. The van der Waals surface area contributed by atoms with Crippen molar-refractivity contribution < 1.29 is 9.59 Å². The lowest BCUT2D eigenvalue weighted by molar-refractivity contribution is -0.118. The highest BCUT2D eigenvalue weighted by Gasteiger charge is 2.24. The van der Waals surface area contributed by atoms with Gasteiger partial charge in [-0.25, -0.2) is 0 Å². The topological polar surface area (TPSA) is 58.2 Å². The number of anilines is 1. The SMILES string of the molecule is C[C@@H](NC(=O)/C=C1/Sc2ccc(Cl)cc2NC1=O)C(C)(C)C. The van der Waals surface area contributed by atoms with E-state index in [1.165, 1.54) is 17.8 Å². The van der Waals surface area contributed by atoms with E-state index in [-0.39, 0.29) is 23.3 Å². The molecule has 6 heteroatoms. The van der Waals surface area contributed by atoms with E-state index < -0.39 is 0 Å². The van der Waals surface area contributed by atoms with E-state index in [0.717, 1.165) is 4.90 Å². The number of fused-ring (bicyclic) bond motifs is 1. The van der Waals surface area contributed by atoms with E-state index in [9.17, 15) is 9.59 Å². The van der Waals surface area contributed by atoms with Gasteiger partial charge in [0.05, 0.1) is 10.6 Å². The van der Waals surface area contributed by atoms with Crippen LogP contribution >= 0.6 is 23.4 Å². The Morgan fingerprint density at radius 1 is 1.41 bits per heavy atom. The fraction of sp³-hybridized carbons (Fsp3) is 0.375. The highest BCUT2D eigenvalue weighted by Crippen LogP contribution is 2.39. The van der Waals surface area contributed by atoms with Crippen molar-refractivity contribution in [1.82, 2.24) is 5.32 Å². The van der Waals surface area contributed by atoms with Crippen molar-refractivity contribution in [1.29, 1.82) is 0 Å². The number of amides is 2. The van der Waals surface area contributed by atoms with Gasteiger partial charge in [-0.3, -0.25) is 9.59 Å². The number of carbonyl (C=O) groups excluding carboxylic acids is 2. The first-order valence-corrected chi connectivity index (χ1v) is 8.17. The van der Waals surface area contributed by atoms with Crippen molar-refractivity contribution in [3.05, 3.63) is 34.2 Å². The summed E-state index contributed by atoms with van der Waals surface area (Å²) in [5, 5.41) is 6.20. The maximum absolute atomic E-state index is 12.1. The molecule has 0 saturated heterocycles. The smallest absolute Gasteiger partial charge is 0.262 e. The van der Waals surface area contributed by atoms with Gasteiger partial charge >= 0.3 is 0 Å². The second kappa shape index (κ2) is 6.34. The molecule has 1 aliphatic rings. The highest BCUT2D eigenvalue weighted by atomic mass is 35.5. The van der Waals surface area contributed by atoms with Gasteiger partial charge < -0.3 is 10.6 Å². The molecule has 2 N–H and O–H groups in total. The van der Waals surface area contributed by atoms with Gasteiger partial charge in [-0.05, 0) is 30.5 Å². The summed E-state index contributed by atoms with van der Waals surface area (Å²) in [6.07, 6.45) is 1.35. The first-order valence-electron chi connectivity index (χ1n) is 6.98. The first-order chi connectivity index (χ1) is 10.2. The van der Waals surface area contributed by atoms with Crippen LogP contribution in [0.2, 0.25) is 5.02 Å². The summed E-state index contributed by atoms with van der Waals surface area (Å²) < 4.78 is 0. The minimum atomic E-state index is -0.293. The Morgan fingerprint density at radius 3 is 2.73 bits per heavy atom. The van der Waals surface area contributed by atoms with Gasteiger partial charge in [-0.15, -0.1) is 0 Å². The quantitative estimate of drug-likeness (QED) is 0.806. The van der Waals surface area contributed by atoms with Crippen LogP contribution in [0.1, 0.15) is 27.7 Å². The normalized spacial score (nSPS) is 17.7. The average molecular weight is 339 g/mol. The van der Waals surface area contributed by atoms with Crippen LogP contribution in [0.3, 0.4) is 0 Å². The minimum Gasteiger partial charge on any atom is -0.350 e. The molecule has 1 aliphatic heterocycles. The van der Waals surface area contributed by atoms with Crippen molar-refractivity contribution in [2.75, 3.05) is 5.32 Å². The predicted octanol–water partition coefficient (Wildman–Crippen LogP) is 3.82. The number of hydrogen-bond donors (Lipinski definition) is 2. The molecule has 1 atom stereocenters. The number of carbonyl (C=O) groups is 2. The number of nitrogens with one attached hydrogen (secondary N) is 2. The molecular formula is C16H19ClN2O2S. The predicted molar refractivity (Wildman–Crippen MR) is 91.1 cm³/mol. The zero-order chi connectivity index (χ0) is 16.5. The van der Waals surface area contributed by atoms with Gasteiger partial charge in [0.1, 0.15) is 0 Å². The van der Waals surface area contributed by atoms with Gasteiger partial charge in [0.25, 0.3) is 5.91 Å². The fourth-order valence-electron chi connectivity index (χ4n) is 1.72. The molecule has 2 amide bonds. The van der Waals surface area contributed by atoms with E-state index in [4.69, 9.17) is 11.6 Å². The highest BCUT2D eigenvalue weighted by molar-refractivity contribution is 8.04. The number of hydrogen-bond acceptors (Lipinski definition) is 3. The molecule has 1 aromatic carbocycles. The van der Waals surface area contributed by atoms with Gasteiger partial charge in [0, 0.05) is 22.0 Å². The van der Waals surface area contributed by atoms with Crippen LogP contribution in [0.15, 0.2) is 34.1 Å². The Hall–Kier alpha value is -1.46. The molecule has 0 aromatic heterocycles. The van der Waals surface area contributed by atoms with Crippen LogP contribution < -0.4 is 10.6 Å². The Balaban J connectivity index is 2.14. The summed E-state index contributed by atoms with van der Waals surface area (Å²) in [6.45, 7) is 8.09. The van der Waals surface area contributed by atoms with Crippen molar-refractivity contribution in [2.24, 2.45) is 5.41 Å². The minimum absolute atomic E-state index is 0.000375. The maximum atomic E-state index is 12.1. The lowest BCUT2D eigenvalue weighted by atomic mass is 9.88. The zero-order valence-corrected chi connectivity index (χ0v) is 14.6. The third-order valence-corrected chi connectivity index (χ3v) is 4.89. The number of thioether (sulfide) groups is 1. The number of rotatable bonds is 2. The van der Waals surface area contributed by atoms with Gasteiger partial charge in [0.15, 0.2) is 0 Å². The Morgan fingerprint density at radius 2 is 2.09 bits per heavy atom. The van der Waals surface area contributed by atoms with Crippen LogP contribution in [0.5, 0.6) is 0 Å². The summed E-state index contributed by atoms with van der Waals surface area (Å²) in [7, 11) is 0. The molecule has 0 fully saturated rings. The molecule has 1 heterocycles. The standard InChI is InChI=1S/C16H19ClN2O2S/c1-9(16(2,3)4)18-14(20)8-13-15(21)19-11-7-10(17)5-6-12(11)22-13/h5-9H,1-4H3,(H,18,20)(H,19,21)/b13-8+/t9-/m1/s1. The third-order valence-electron chi connectivity index (χ3n) is 3.55. The van der Waals surface area contributed by atoms with Crippen molar-refractivity contribution in [2.45, 2.75) is 38.6 Å². The molecule has 0 aliphatic carbocycles. The average Bonchev–Trinajstić information content (AvgIpc) is 2.38. The second-order valence-corrected chi connectivity index (χ2v) is 7.82. The molecule has 0 spiro atoms. The third kappa shape index (κ3) is 4.05. The van der Waals surface area contributed by atoms with E-state index in [2.05, 4.69) is 10.6 Å². The Labute approximate surface area is 139 Å². The molecule has 0 radical (unpaired) electrons. The monoisotopic (exact) mass is 338 g/mol. The first kappa shape index (κ1) is 16.9. The second-order valence-electron chi connectivity index (χ2n) is 6.30. The lowest BCUT2D eigenvalue weighted by Crippen LogP contribution is -2.40. The van der Waals surface area contributed by atoms with Gasteiger partial charge in [-0.1, -0.05) is 44.1 Å². The molecular weight excluding hydrogens is 320 g/mol. The molecule has 0 bridgehead atoms. The van der Waals surface area contributed by atoms with Crippen LogP contribution in [0.25, 0.3) is 0 Å². The van der Waals surface area contributed by atoms with Crippen molar-refractivity contribution in [3.63, 3.8) is 0 Å². The fourth-order valence-corrected chi connectivity index (χ4v) is 2.80. The van der Waals surface area contributed by atoms with E-state index in [1.807, 2.05) is 33.8 Å². The summed E-state index contributed by atoms with van der Waals surface area (Å²) in [5.41, 5.74) is 0.627. The lowest BCUT2D eigenvalue weighted by Gasteiger charge is -2.27. The Kier molecular flexibility index (Phi) is 4.87. The number of benzene rings is 1. The largest absolute Gasteiger partial charge is 0.350 e. The molecule has 4 nitrogen and oxygen atoms in total. The van der Waals surface area contributed by atoms with Gasteiger partial charge in [-0.2, -0.15) is 0 Å². The Bertz CT molecular complexity index is 650. The van der Waals surface area contributed by atoms with Gasteiger partial charge in [0.2, 0.25) is 5.91 Å². The molecule has 0 unspecified atom stereocenters. The van der Waals surface area contributed by atoms with Crippen LogP contribution in [-0.4, -0.2) is 17.9 Å². The molecule has 1 aromatic rings. The van der Waals surface area contributed by atoms with E-state index in [1.54, 1.807) is 12.1 Å². The van der Waals surface area contributed by atoms with E-state index in [0.29, 0.717) is 15.6 Å². The summed E-state index contributed by atoms with van der Waals surface area (Å²) in [4.78, 5) is 25.4. The molecule has 2 rings (SSSR count). The van der Waals surface area contributed by atoms with E-state index >= 15 is 0 Å². The summed E-state index contributed by atoms with van der Waals surface area (Å²) in [6, 6.07) is 5.27. The molecule has 22 heavy (non-hydrogen) atoms. The summed E-state index contributed by atoms with van der Waals surface area (Å²) >= 11 is 7.17.